The molecule has 216 valence electrons. The third-order valence-corrected chi connectivity index (χ3v) is 9.39. The summed E-state index contributed by atoms with van der Waals surface area (Å²) >= 11 is 2.82. The zero-order chi connectivity index (χ0) is 29.5. The van der Waals surface area contributed by atoms with E-state index < -0.39 is 17.0 Å². The van der Waals surface area contributed by atoms with E-state index in [1.807, 2.05) is 36.4 Å². The van der Waals surface area contributed by atoms with Crippen LogP contribution in [0.1, 0.15) is 68.2 Å². The highest BCUT2D eigenvalue weighted by Gasteiger charge is 2.29. The van der Waals surface area contributed by atoms with Crippen molar-refractivity contribution in [3.05, 3.63) is 112 Å². The number of benzene rings is 3. The maximum atomic E-state index is 13.9. The van der Waals surface area contributed by atoms with Gasteiger partial charge in [0.25, 0.3) is 5.91 Å². The van der Waals surface area contributed by atoms with Gasteiger partial charge in [-0.15, -0.1) is 23.1 Å². The average Bonchev–Trinajstić information content (AvgIpc) is 3.16. The Labute approximate surface area is 252 Å². The number of nitrogens with one attached hydrogen (secondary N) is 2. The molecular weight excluding hydrogens is 572 g/mol. The number of amides is 2. The normalized spacial score (nSPS) is 13.4. The van der Waals surface area contributed by atoms with E-state index >= 15 is 0 Å². The number of halogens is 1. The molecule has 0 fully saturated rings. The second-order valence-corrected chi connectivity index (χ2v) is 12.2. The van der Waals surface area contributed by atoms with Crippen molar-refractivity contribution >= 4 is 51.6 Å². The average molecular weight is 603 g/mol. The molecule has 4 aromatic rings. The third kappa shape index (κ3) is 7.09. The molecule has 1 aliphatic rings. The number of esters is 1. The Morgan fingerprint density at radius 2 is 1.69 bits per heavy atom. The van der Waals surface area contributed by atoms with Gasteiger partial charge < -0.3 is 15.4 Å². The molecule has 1 unspecified atom stereocenters. The molecule has 1 aromatic heterocycles. The number of carbonyl (C=O) groups excluding carboxylic acids is 3. The molecule has 2 amide bonds. The van der Waals surface area contributed by atoms with Crippen molar-refractivity contribution in [2.24, 2.45) is 0 Å². The van der Waals surface area contributed by atoms with Crippen molar-refractivity contribution in [1.82, 2.24) is 0 Å². The number of carbonyl (C=O) groups is 3. The fraction of sp³-hybridized carbons (Fsp3) is 0.242. The third-order valence-electron chi connectivity index (χ3n) is 6.93. The Balaban J connectivity index is 1.40. The van der Waals surface area contributed by atoms with Crippen molar-refractivity contribution in [2.45, 2.75) is 49.2 Å². The van der Waals surface area contributed by atoms with Crippen LogP contribution in [0.2, 0.25) is 0 Å². The van der Waals surface area contributed by atoms with Crippen LogP contribution < -0.4 is 10.6 Å². The van der Waals surface area contributed by atoms with Crippen LogP contribution in [0, 0.1) is 5.82 Å². The van der Waals surface area contributed by atoms with Gasteiger partial charge in [0.1, 0.15) is 16.1 Å². The highest BCUT2D eigenvalue weighted by molar-refractivity contribution is 8.00. The Hall–Kier alpha value is -3.95. The van der Waals surface area contributed by atoms with Gasteiger partial charge in [0, 0.05) is 21.0 Å². The van der Waals surface area contributed by atoms with Crippen LogP contribution in [0.25, 0.3) is 0 Å². The first-order chi connectivity index (χ1) is 20.4. The van der Waals surface area contributed by atoms with Gasteiger partial charge in [-0.2, -0.15) is 0 Å². The molecule has 0 saturated heterocycles. The molecule has 0 saturated carbocycles. The molecular formula is C33H31FN2O4S2. The summed E-state index contributed by atoms with van der Waals surface area (Å²) in [4.78, 5) is 41.6. The van der Waals surface area contributed by atoms with Crippen LogP contribution in [0.5, 0.6) is 0 Å². The van der Waals surface area contributed by atoms with Crippen molar-refractivity contribution in [1.29, 1.82) is 0 Å². The zero-order valence-corrected chi connectivity index (χ0v) is 24.8. The number of ether oxygens (including phenoxy) is 1. The van der Waals surface area contributed by atoms with Crippen LogP contribution in [0.4, 0.5) is 15.1 Å². The van der Waals surface area contributed by atoms with E-state index in [1.165, 1.54) is 47.4 Å². The smallest absolute Gasteiger partial charge is 0.341 e. The Morgan fingerprint density at radius 1 is 0.929 bits per heavy atom. The van der Waals surface area contributed by atoms with Gasteiger partial charge in [0.15, 0.2) is 0 Å². The van der Waals surface area contributed by atoms with Crippen LogP contribution in [0.3, 0.4) is 0 Å². The number of anilines is 2. The molecule has 1 aliphatic carbocycles. The zero-order valence-electron chi connectivity index (χ0n) is 23.2. The number of aryl methyl sites for hydroxylation is 1. The first-order valence-electron chi connectivity index (χ1n) is 13.9. The number of hydrogen-bond acceptors (Lipinski definition) is 6. The summed E-state index contributed by atoms with van der Waals surface area (Å²) in [7, 11) is 0. The van der Waals surface area contributed by atoms with Crippen LogP contribution in [0.15, 0.2) is 83.8 Å². The minimum absolute atomic E-state index is 0.256. The second-order valence-electron chi connectivity index (χ2n) is 9.88. The summed E-state index contributed by atoms with van der Waals surface area (Å²) in [6.07, 6.45) is 4.85. The number of fused-ring (bicyclic) bond motifs is 1. The first kappa shape index (κ1) is 29.5. The molecule has 5 rings (SSSR count). The van der Waals surface area contributed by atoms with Crippen LogP contribution in [-0.2, 0) is 22.4 Å². The summed E-state index contributed by atoms with van der Waals surface area (Å²) in [5.74, 6) is -1.43. The van der Waals surface area contributed by atoms with Gasteiger partial charge >= 0.3 is 5.97 Å². The van der Waals surface area contributed by atoms with E-state index in [4.69, 9.17) is 4.74 Å². The van der Waals surface area contributed by atoms with E-state index in [1.54, 1.807) is 25.1 Å². The Morgan fingerprint density at radius 3 is 2.45 bits per heavy atom. The van der Waals surface area contributed by atoms with Crippen LogP contribution in [-0.4, -0.2) is 24.4 Å². The molecule has 3 aromatic carbocycles. The SMILES string of the molecule is CCOC(=O)c1c(NC(=O)C(Sc2cccc(NC(=O)c3ccc(F)cc3)c2)c2ccccc2)sc2c1CCCCC2. The number of thioether (sulfide) groups is 1. The number of rotatable bonds is 9. The predicted octanol–water partition coefficient (Wildman–Crippen LogP) is 8.06. The summed E-state index contributed by atoms with van der Waals surface area (Å²) < 4.78 is 18.7. The quantitative estimate of drug-likeness (QED) is 0.115. The van der Waals surface area contributed by atoms with Gasteiger partial charge in [-0.05, 0) is 86.2 Å². The van der Waals surface area contributed by atoms with Crippen LogP contribution >= 0.6 is 23.1 Å². The highest BCUT2D eigenvalue weighted by atomic mass is 32.2. The van der Waals surface area contributed by atoms with E-state index in [9.17, 15) is 18.8 Å². The number of hydrogen-bond donors (Lipinski definition) is 2. The molecule has 1 heterocycles. The van der Waals surface area contributed by atoms with E-state index in [2.05, 4.69) is 10.6 Å². The van der Waals surface area contributed by atoms with Crippen molar-refractivity contribution in [3.8, 4) is 0 Å². The minimum atomic E-state index is -0.633. The molecule has 0 aliphatic heterocycles. The van der Waals surface area contributed by atoms with E-state index in [0.717, 1.165) is 53.0 Å². The molecule has 0 spiro atoms. The predicted molar refractivity (Wildman–Crippen MR) is 166 cm³/mol. The van der Waals surface area contributed by atoms with Gasteiger partial charge in [-0.25, -0.2) is 9.18 Å². The Kier molecular flexibility index (Phi) is 9.71. The van der Waals surface area contributed by atoms with Crippen molar-refractivity contribution in [3.63, 3.8) is 0 Å². The fourth-order valence-electron chi connectivity index (χ4n) is 4.92. The summed E-state index contributed by atoms with van der Waals surface area (Å²) in [6, 6.07) is 22.0. The standard InChI is InChI=1S/C33H31FN2O4S2/c1-2-40-33(39)28-26-14-7-4-8-15-27(26)42-32(28)36-31(38)29(21-10-5-3-6-11-21)41-25-13-9-12-24(20-25)35-30(37)22-16-18-23(34)19-17-22/h3,5-6,9-13,16-20,29H,2,4,7-8,14-15H2,1H3,(H,35,37)(H,36,38). The topological polar surface area (TPSA) is 84.5 Å². The van der Waals surface area contributed by atoms with Gasteiger partial charge in [0.2, 0.25) is 5.91 Å². The lowest BCUT2D eigenvalue weighted by atomic mass is 10.1. The molecule has 9 heteroatoms. The molecule has 2 N–H and O–H groups in total. The second kappa shape index (κ2) is 13.8. The molecule has 42 heavy (non-hydrogen) atoms. The van der Waals surface area contributed by atoms with Crippen molar-refractivity contribution < 1.29 is 23.5 Å². The lowest BCUT2D eigenvalue weighted by Crippen LogP contribution is -2.20. The molecule has 6 nitrogen and oxygen atoms in total. The fourth-order valence-corrected chi connectivity index (χ4v) is 7.28. The monoisotopic (exact) mass is 602 g/mol. The largest absolute Gasteiger partial charge is 0.462 e. The lowest BCUT2D eigenvalue weighted by Gasteiger charge is -2.18. The maximum Gasteiger partial charge on any atom is 0.341 e. The Bertz CT molecular complexity index is 1570. The summed E-state index contributed by atoms with van der Waals surface area (Å²) in [5.41, 5.74) is 3.17. The summed E-state index contributed by atoms with van der Waals surface area (Å²) in [5, 5.41) is 5.82. The molecule has 1 atom stereocenters. The van der Waals surface area contributed by atoms with Gasteiger partial charge in [-0.1, -0.05) is 42.8 Å². The van der Waals surface area contributed by atoms with E-state index in [-0.39, 0.29) is 18.4 Å². The number of thiophene rings is 1. The van der Waals surface area contributed by atoms with Gasteiger partial charge in [-0.3, -0.25) is 9.59 Å². The maximum absolute atomic E-state index is 13.9. The van der Waals surface area contributed by atoms with Crippen molar-refractivity contribution in [2.75, 3.05) is 17.2 Å². The highest BCUT2D eigenvalue weighted by Crippen LogP contribution is 2.41. The first-order valence-corrected chi connectivity index (χ1v) is 15.6. The van der Waals surface area contributed by atoms with Gasteiger partial charge in [0.05, 0.1) is 12.2 Å². The minimum Gasteiger partial charge on any atom is -0.462 e. The van der Waals surface area contributed by atoms with E-state index in [0.29, 0.717) is 21.8 Å². The summed E-state index contributed by atoms with van der Waals surface area (Å²) in [6.45, 7) is 2.03. The lowest BCUT2D eigenvalue weighted by molar-refractivity contribution is -0.115. The molecule has 0 radical (unpaired) electrons. The molecule has 0 bridgehead atoms.